The molecule has 0 aliphatic heterocycles. The fraction of sp³-hybridized carbons (Fsp3) is 0.0833. The van der Waals surface area contributed by atoms with Crippen LogP contribution in [0, 0.1) is 11.3 Å². The molecule has 0 amide bonds. The highest BCUT2D eigenvalue weighted by atomic mass is 79.9. The average molecular weight is 289 g/mol. The highest BCUT2D eigenvalue weighted by Crippen LogP contribution is 2.20. The predicted molar refractivity (Wildman–Crippen MR) is 69.4 cm³/mol. The second kappa shape index (κ2) is 4.93. The summed E-state index contributed by atoms with van der Waals surface area (Å²) in [6.07, 6.45) is 1.52. The van der Waals surface area contributed by atoms with Crippen molar-refractivity contribution in [1.82, 2.24) is 9.97 Å². The van der Waals surface area contributed by atoms with Gasteiger partial charge in [-0.25, -0.2) is 9.97 Å². The molecule has 2 rings (SSSR count). The Bertz CT molecular complexity index is 572. The highest BCUT2D eigenvalue weighted by molar-refractivity contribution is 9.10. The molecule has 1 heterocycles. The van der Waals surface area contributed by atoms with Crippen LogP contribution in [0.1, 0.15) is 5.56 Å². The number of rotatable bonds is 2. The molecule has 5 heteroatoms. The first-order chi connectivity index (χ1) is 8.24. The van der Waals surface area contributed by atoms with E-state index in [0.29, 0.717) is 17.2 Å². The summed E-state index contributed by atoms with van der Waals surface area (Å²) in [5.41, 5.74) is 1.35. The first-order valence-electron chi connectivity index (χ1n) is 4.95. The van der Waals surface area contributed by atoms with Gasteiger partial charge in [0.2, 0.25) is 0 Å². The third kappa shape index (κ3) is 2.43. The van der Waals surface area contributed by atoms with Gasteiger partial charge in [0.25, 0.3) is 0 Å². The van der Waals surface area contributed by atoms with Crippen LogP contribution >= 0.6 is 15.9 Å². The van der Waals surface area contributed by atoms with Gasteiger partial charge in [0.1, 0.15) is 17.5 Å². The lowest BCUT2D eigenvalue weighted by atomic mass is 10.2. The van der Waals surface area contributed by atoms with Crippen molar-refractivity contribution in [3.8, 4) is 17.5 Å². The normalized spacial score (nSPS) is 9.71. The Morgan fingerprint density at radius 3 is 2.59 bits per heavy atom. The van der Waals surface area contributed by atoms with E-state index in [4.69, 9.17) is 5.26 Å². The van der Waals surface area contributed by atoms with Crippen molar-refractivity contribution >= 4 is 21.7 Å². The molecule has 0 unspecified atom stereocenters. The summed E-state index contributed by atoms with van der Waals surface area (Å²) in [6, 6.07) is 9.74. The molecule has 1 N–H and O–H groups in total. The molecule has 0 aliphatic rings. The van der Waals surface area contributed by atoms with E-state index in [0.717, 1.165) is 10.0 Å². The third-order valence-corrected chi connectivity index (χ3v) is 2.78. The Labute approximate surface area is 107 Å². The molecular formula is C12H9BrN4. The first-order valence-corrected chi connectivity index (χ1v) is 5.74. The summed E-state index contributed by atoms with van der Waals surface area (Å²) in [6.45, 7) is 0. The molecule has 0 spiro atoms. The van der Waals surface area contributed by atoms with Crippen LogP contribution < -0.4 is 5.32 Å². The number of benzene rings is 1. The van der Waals surface area contributed by atoms with E-state index >= 15 is 0 Å². The molecule has 0 fully saturated rings. The van der Waals surface area contributed by atoms with Gasteiger partial charge in [-0.3, -0.25) is 0 Å². The van der Waals surface area contributed by atoms with Crippen LogP contribution in [0.25, 0.3) is 11.4 Å². The minimum Gasteiger partial charge on any atom is -0.372 e. The number of halogens is 1. The molecule has 1 aromatic heterocycles. The minimum absolute atomic E-state index is 0.438. The molecule has 0 saturated heterocycles. The van der Waals surface area contributed by atoms with Crippen molar-refractivity contribution in [1.29, 1.82) is 5.26 Å². The van der Waals surface area contributed by atoms with E-state index in [1.54, 1.807) is 7.05 Å². The molecule has 0 aliphatic carbocycles. The highest BCUT2D eigenvalue weighted by Gasteiger charge is 2.06. The average Bonchev–Trinajstić information content (AvgIpc) is 2.39. The Kier molecular flexibility index (Phi) is 3.35. The van der Waals surface area contributed by atoms with Gasteiger partial charge in [0.05, 0.1) is 6.20 Å². The van der Waals surface area contributed by atoms with Crippen molar-refractivity contribution in [2.75, 3.05) is 12.4 Å². The van der Waals surface area contributed by atoms with Gasteiger partial charge in [-0.15, -0.1) is 0 Å². The van der Waals surface area contributed by atoms with E-state index in [1.165, 1.54) is 6.20 Å². The van der Waals surface area contributed by atoms with Crippen LogP contribution in [0.2, 0.25) is 0 Å². The molecule has 17 heavy (non-hydrogen) atoms. The van der Waals surface area contributed by atoms with Crippen molar-refractivity contribution < 1.29 is 0 Å². The zero-order chi connectivity index (χ0) is 12.3. The largest absolute Gasteiger partial charge is 0.372 e. The van der Waals surface area contributed by atoms with Gasteiger partial charge < -0.3 is 5.32 Å². The van der Waals surface area contributed by atoms with Gasteiger partial charge in [0, 0.05) is 17.1 Å². The second-order valence-electron chi connectivity index (χ2n) is 3.32. The quantitative estimate of drug-likeness (QED) is 0.923. The van der Waals surface area contributed by atoms with Crippen LogP contribution in [-0.2, 0) is 0 Å². The molecule has 0 radical (unpaired) electrons. The van der Waals surface area contributed by atoms with Crippen molar-refractivity contribution in [2.24, 2.45) is 0 Å². The van der Waals surface area contributed by atoms with E-state index in [-0.39, 0.29) is 0 Å². The van der Waals surface area contributed by atoms with Gasteiger partial charge >= 0.3 is 0 Å². The number of nitrogens with zero attached hydrogens (tertiary/aromatic N) is 3. The maximum absolute atomic E-state index is 8.87. The van der Waals surface area contributed by atoms with E-state index < -0.39 is 0 Å². The molecule has 0 atom stereocenters. The topological polar surface area (TPSA) is 61.6 Å². The zero-order valence-corrected chi connectivity index (χ0v) is 10.7. The van der Waals surface area contributed by atoms with E-state index in [9.17, 15) is 0 Å². The Morgan fingerprint density at radius 2 is 2.00 bits per heavy atom. The molecular weight excluding hydrogens is 280 g/mol. The monoisotopic (exact) mass is 288 g/mol. The van der Waals surface area contributed by atoms with Crippen LogP contribution in [0.3, 0.4) is 0 Å². The maximum atomic E-state index is 8.87. The smallest absolute Gasteiger partial charge is 0.161 e. The Morgan fingerprint density at radius 1 is 1.29 bits per heavy atom. The van der Waals surface area contributed by atoms with Crippen molar-refractivity contribution in [3.05, 3.63) is 40.5 Å². The fourth-order valence-corrected chi connectivity index (χ4v) is 1.66. The fourth-order valence-electron chi connectivity index (χ4n) is 1.39. The van der Waals surface area contributed by atoms with Gasteiger partial charge in [-0.1, -0.05) is 28.1 Å². The van der Waals surface area contributed by atoms with Crippen LogP contribution in [0.5, 0.6) is 0 Å². The lowest BCUT2D eigenvalue weighted by Crippen LogP contribution is -1.99. The minimum atomic E-state index is 0.438. The summed E-state index contributed by atoms with van der Waals surface area (Å²) < 4.78 is 1.00. The summed E-state index contributed by atoms with van der Waals surface area (Å²) in [4.78, 5) is 8.47. The number of nitrogens with one attached hydrogen (secondary N) is 1. The number of hydrogen-bond donors (Lipinski definition) is 1. The molecule has 4 nitrogen and oxygen atoms in total. The molecule has 1 aromatic carbocycles. The SMILES string of the molecule is CNc1nc(-c2ccc(Br)cc2)ncc1C#N. The number of hydrogen-bond acceptors (Lipinski definition) is 4. The lowest BCUT2D eigenvalue weighted by molar-refractivity contribution is 1.15. The molecule has 0 bridgehead atoms. The summed E-state index contributed by atoms with van der Waals surface area (Å²) >= 11 is 3.37. The van der Waals surface area contributed by atoms with E-state index in [1.807, 2.05) is 30.3 Å². The van der Waals surface area contributed by atoms with Gasteiger partial charge in [-0.2, -0.15) is 5.26 Å². The molecule has 84 valence electrons. The number of nitriles is 1. The van der Waals surface area contributed by atoms with Crippen molar-refractivity contribution in [2.45, 2.75) is 0 Å². The summed E-state index contributed by atoms with van der Waals surface area (Å²) in [5, 5.41) is 11.8. The Balaban J connectivity index is 2.47. The number of aromatic nitrogens is 2. The summed E-state index contributed by atoms with van der Waals surface area (Å²) in [5.74, 6) is 1.14. The van der Waals surface area contributed by atoms with Crippen LogP contribution in [0.4, 0.5) is 5.82 Å². The van der Waals surface area contributed by atoms with Crippen LogP contribution in [0.15, 0.2) is 34.9 Å². The predicted octanol–water partition coefficient (Wildman–Crippen LogP) is 2.82. The molecule has 2 aromatic rings. The first kappa shape index (κ1) is 11.6. The van der Waals surface area contributed by atoms with Crippen LogP contribution in [-0.4, -0.2) is 17.0 Å². The molecule has 0 saturated carbocycles. The standard InChI is InChI=1S/C12H9BrN4/c1-15-11-9(6-14)7-16-12(17-11)8-2-4-10(13)5-3-8/h2-5,7H,1H3,(H,15,16,17). The van der Waals surface area contributed by atoms with Gasteiger partial charge in [0.15, 0.2) is 5.82 Å². The third-order valence-electron chi connectivity index (χ3n) is 2.25. The van der Waals surface area contributed by atoms with Crippen molar-refractivity contribution in [3.63, 3.8) is 0 Å². The Hall–Kier alpha value is -1.93. The lowest BCUT2D eigenvalue weighted by Gasteiger charge is -2.05. The zero-order valence-electron chi connectivity index (χ0n) is 9.11. The maximum Gasteiger partial charge on any atom is 0.161 e. The number of anilines is 1. The van der Waals surface area contributed by atoms with Gasteiger partial charge in [-0.05, 0) is 12.1 Å². The summed E-state index contributed by atoms with van der Waals surface area (Å²) in [7, 11) is 1.73. The van der Waals surface area contributed by atoms with E-state index in [2.05, 4.69) is 31.2 Å². The second-order valence-corrected chi connectivity index (χ2v) is 4.24.